The fourth-order valence-electron chi connectivity index (χ4n) is 10.5. The van der Waals surface area contributed by atoms with Crippen LogP contribution in [0.5, 0.6) is 0 Å². The van der Waals surface area contributed by atoms with Crippen LogP contribution in [-0.2, 0) is 14.3 Å². The molecule has 0 radical (unpaired) electrons. The van der Waals surface area contributed by atoms with E-state index in [2.05, 4.69) is 31.3 Å². The first-order valence-electron chi connectivity index (χ1n) is 32.9. The van der Waals surface area contributed by atoms with E-state index in [-0.39, 0.29) is 18.5 Å². The highest BCUT2D eigenvalue weighted by atomic mass is 16.5. The molecule has 2 atom stereocenters. The van der Waals surface area contributed by atoms with E-state index in [1.807, 2.05) is 0 Å². The van der Waals surface area contributed by atoms with Crippen LogP contribution in [0.2, 0.25) is 0 Å². The molecular formula is C66H129NO5. The first-order valence-corrected chi connectivity index (χ1v) is 32.9. The molecule has 72 heavy (non-hydrogen) atoms. The molecule has 0 aromatic heterocycles. The van der Waals surface area contributed by atoms with Crippen molar-refractivity contribution in [3.8, 4) is 0 Å². The Morgan fingerprint density at radius 1 is 0.375 bits per heavy atom. The second-order valence-electron chi connectivity index (χ2n) is 22.8. The molecular weight excluding hydrogens is 887 g/mol. The molecule has 0 aliphatic heterocycles. The average molecular weight is 1020 g/mol. The Morgan fingerprint density at radius 3 is 0.986 bits per heavy atom. The highest BCUT2D eigenvalue weighted by Gasteiger charge is 2.20. The molecule has 2 unspecified atom stereocenters. The number of unbranched alkanes of at least 4 members (excludes halogenated alkanes) is 49. The van der Waals surface area contributed by atoms with Crippen LogP contribution in [0.1, 0.15) is 373 Å². The first kappa shape index (κ1) is 70.6. The molecule has 0 saturated carbocycles. The molecule has 6 heteroatoms. The van der Waals surface area contributed by atoms with Crippen LogP contribution in [0, 0.1) is 0 Å². The van der Waals surface area contributed by atoms with Crippen LogP contribution in [0.25, 0.3) is 0 Å². The van der Waals surface area contributed by atoms with Gasteiger partial charge in [-0.25, -0.2) is 0 Å². The molecule has 6 nitrogen and oxygen atoms in total. The topological polar surface area (TPSA) is 95.9 Å². The molecule has 0 bridgehead atoms. The predicted octanol–water partition coefficient (Wildman–Crippen LogP) is 20.8. The number of ether oxygens (including phenoxy) is 1. The van der Waals surface area contributed by atoms with E-state index >= 15 is 0 Å². The van der Waals surface area contributed by atoms with Crippen LogP contribution in [-0.4, -0.2) is 47.4 Å². The summed E-state index contributed by atoms with van der Waals surface area (Å²) in [6.07, 6.45) is 75.4. The van der Waals surface area contributed by atoms with Crippen molar-refractivity contribution in [2.24, 2.45) is 0 Å². The molecule has 0 aliphatic rings. The molecule has 3 N–H and O–H groups in total. The van der Waals surface area contributed by atoms with Gasteiger partial charge in [0.05, 0.1) is 25.4 Å². The summed E-state index contributed by atoms with van der Waals surface area (Å²) in [5, 5.41) is 23.2. The molecule has 1 amide bonds. The Hall–Kier alpha value is -1.40. The van der Waals surface area contributed by atoms with Crippen LogP contribution >= 0.6 is 0 Å². The van der Waals surface area contributed by atoms with Gasteiger partial charge in [0.2, 0.25) is 5.91 Å². The van der Waals surface area contributed by atoms with Gasteiger partial charge in [-0.1, -0.05) is 321 Å². The van der Waals surface area contributed by atoms with E-state index in [0.717, 1.165) is 38.5 Å². The van der Waals surface area contributed by atoms with Crippen molar-refractivity contribution in [3.05, 3.63) is 12.2 Å². The predicted molar refractivity (Wildman–Crippen MR) is 315 cm³/mol. The van der Waals surface area contributed by atoms with Gasteiger partial charge in [0.25, 0.3) is 0 Å². The van der Waals surface area contributed by atoms with Gasteiger partial charge >= 0.3 is 5.97 Å². The lowest BCUT2D eigenvalue weighted by Crippen LogP contribution is -2.45. The van der Waals surface area contributed by atoms with E-state index in [1.54, 1.807) is 0 Å². The van der Waals surface area contributed by atoms with Gasteiger partial charge in [-0.3, -0.25) is 9.59 Å². The summed E-state index contributed by atoms with van der Waals surface area (Å²) in [5.74, 6) is -0.0124. The molecule has 0 aliphatic carbocycles. The fraction of sp³-hybridized carbons (Fsp3) is 0.939. The minimum Gasteiger partial charge on any atom is -0.466 e. The number of esters is 1. The third kappa shape index (κ3) is 57.9. The SMILES string of the molecule is CCCCCCCCCCCCCCC(O)C(CO)NC(=O)CCCCCCCCCCCCCCCCCC/C=C\CCCCCCCCCCCCCCOC(=O)CCCCCCCCCCCCC. The number of amides is 1. The average Bonchev–Trinajstić information content (AvgIpc) is 3.38. The third-order valence-electron chi connectivity index (χ3n) is 15.6. The highest BCUT2D eigenvalue weighted by Crippen LogP contribution is 2.18. The molecule has 0 heterocycles. The van der Waals surface area contributed by atoms with Crippen molar-refractivity contribution in [2.45, 2.75) is 386 Å². The molecule has 0 rings (SSSR count). The maximum absolute atomic E-state index is 12.5. The number of hydrogen-bond acceptors (Lipinski definition) is 5. The number of allylic oxidation sites excluding steroid dienone is 2. The first-order chi connectivity index (χ1) is 35.5. The summed E-state index contributed by atoms with van der Waals surface area (Å²) >= 11 is 0. The normalized spacial score (nSPS) is 12.6. The third-order valence-corrected chi connectivity index (χ3v) is 15.6. The number of rotatable bonds is 62. The number of hydrogen-bond donors (Lipinski definition) is 3. The van der Waals surface area contributed by atoms with Gasteiger partial charge < -0.3 is 20.3 Å². The minimum absolute atomic E-state index is 0.0184. The summed E-state index contributed by atoms with van der Waals surface area (Å²) in [5.41, 5.74) is 0. The van der Waals surface area contributed by atoms with E-state index in [0.29, 0.717) is 25.9 Å². The monoisotopic (exact) mass is 1020 g/mol. The van der Waals surface area contributed by atoms with Crippen LogP contribution in [0.3, 0.4) is 0 Å². The van der Waals surface area contributed by atoms with Crippen molar-refractivity contribution in [1.29, 1.82) is 0 Å². The number of carbonyl (C=O) groups is 2. The second kappa shape index (κ2) is 62.1. The maximum atomic E-state index is 12.5. The minimum atomic E-state index is -0.660. The summed E-state index contributed by atoms with van der Waals surface area (Å²) in [6, 6.07) is -0.537. The van der Waals surface area contributed by atoms with Gasteiger partial charge in [-0.2, -0.15) is 0 Å². The van der Waals surface area contributed by atoms with E-state index < -0.39 is 12.1 Å². The van der Waals surface area contributed by atoms with E-state index in [4.69, 9.17) is 4.74 Å². The lowest BCUT2D eigenvalue weighted by molar-refractivity contribution is -0.143. The molecule has 0 aromatic rings. The number of carbonyl (C=O) groups excluding carboxylic acids is 2. The maximum Gasteiger partial charge on any atom is 0.305 e. The largest absolute Gasteiger partial charge is 0.466 e. The van der Waals surface area contributed by atoms with Crippen LogP contribution in [0.4, 0.5) is 0 Å². The molecule has 428 valence electrons. The smallest absolute Gasteiger partial charge is 0.305 e. The van der Waals surface area contributed by atoms with Crippen molar-refractivity contribution in [3.63, 3.8) is 0 Å². The van der Waals surface area contributed by atoms with Crippen molar-refractivity contribution in [2.75, 3.05) is 13.2 Å². The van der Waals surface area contributed by atoms with Crippen LogP contribution in [0.15, 0.2) is 12.2 Å². The highest BCUT2D eigenvalue weighted by molar-refractivity contribution is 5.76. The number of aliphatic hydroxyl groups is 2. The zero-order chi connectivity index (χ0) is 52.2. The molecule has 0 aromatic carbocycles. The standard InChI is InChI=1S/C66H129NO5/c1-3-5-7-9-11-13-15-39-42-46-50-54-58-64(69)63(62-68)67-65(70)59-55-51-47-43-40-36-34-32-30-28-26-24-22-20-18-16-17-19-21-23-25-27-29-31-33-35-37-41-45-49-53-57-61-72-66(71)60-56-52-48-44-38-14-12-10-8-6-4-2/h19,21,63-64,68-69H,3-18,20,22-62H2,1-2H3,(H,67,70)/b21-19-. The van der Waals surface area contributed by atoms with Gasteiger partial charge in [0.1, 0.15) is 0 Å². The summed E-state index contributed by atoms with van der Waals surface area (Å²) in [4.78, 5) is 24.5. The summed E-state index contributed by atoms with van der Waals surface area (Å²) in [7, 11) is 0. The van der Waals surface area contributed by atoms with Crippen molar-refractivity contribution < 1.29 is 24.5 Å². The Bertz CT molecular complexity index is 1080. The summed E-state index contributed by atoms with van der Waals surface area (Å²) < 4.78 is 5.47. The van der Waals surface area contributed by atoms with Gasteiger partial charge in [0.15, 0.2) is 0 Å². The number of aliphatic hydroxyl groups excluding tert-OH is 2. The summed E-state index contributed by atoms with van der Waals surface area (Å²) in [6.45, 7) is 4.97. The molecule has 0 fully saturated rings. The quantitative estimate of drug-likeness (QED) is 0.0320. The Balaban J connectivity index is 3.33. The number of nitrogens with one attached hydrogen (secondary N) is 1. The molecule has 0 spiro atoms. The zero-order valence-corrected chi connectivity index (χ0v) is 48.9. The van der Waals surface area contributed by atoms with Gasteiger partial charge in [0, 0.05) is 12.8 Å². The second-order valence-corrected chi connectivity index (χ2v) is 22.8. The van der Waals surface area contributed by atoms with Crippen molar-refractivity contribution in [1.82, 2.24) is 5.32 Å². The van der Waals surface area contributed by atoms with Gasteiger partial charge in [-0.15, -0.1) is 0 Å². The molecule has 0 saturated heterocycles. The lowest BCUT2D eigenvalue weighted by Gasteiger charge is -2.22. The fourth-order valence-corrected chi connectivity index (χ4v) is 10.5. The Kier molecular flexibility index (Phi) is 60.9. The van der Waals surface area contributed by atoms with E-state index in [9.17, 15) is 19.8 Å². The Morgan fingerprint density at radius 2 is 0.653 bits per heavy atom. The zero-order valence-electron chi connectivity index (χ0n) is 48.9. The Labute approximate surface area is 450 Å². The van der Waals surface area contributed by atoms with E-state index in [1.165, 1.54) is 302 Å². The van der Waals surface area contributed by atoms with Crippen molar-refractivity contribution >= 4 is 11.9 Å². The van der Waals surface area contributed by atoms with Crippen LogP contribution < -0.4 is 5.32 Å². The lowest BCUT2D eigenvalue weighted by atomic mass is 10.0. The van der Waals surface area contributed by atoms with Gasteiger partial charge in [-0.05, 0) is 51.4 Å².